The maximum atomic E-state index is 16.6. The van der Waals surface area contributed by atoms with E-state index in [4.69, 9.17) is 29.0 Å². The Morgan fingerprint density at radius 3 is 2.59 bits per heavy atom. The number of fused-ring (bicyclic) bond motifs is 1. The molecule has 0 saturated carbocycles. The summed E-state index contributed by atoms with van der Waals surface area (Å²) in [6.45, 7) is 5.07. The number of nitrogens with zero attached hydrogens (tertiary/aromatic N) is 4. The number of halogens is 1. The number of rotatable bonds is 13. The number of aromatic nitrogens is 4. The summed E-state index contributed by atoms with van der Waals surface area (Å²) in [4.78, 5) is 48.1. The van der Waals surface area contributed by atoms with Gasteiger partial charge in [0.05, 0.1) is 19.0 Å². The molecule has 1 saturated heterocycles. The van der Waals surface area contributed by atoms with Gasteiger partial charge in [-0.05, 0) is 39.8 Å². The second-order valence-electron chi connectivity index (χ2n) is 10.2. The highest BCUT2D eigenvalue weighted by Crippen LogP contribution is 2.49. The fourth-order valence-electron chi connectivity index (χ4n) is 4.47. The highest BCUT2D eigenvalue weighted by atomic mass is 31.2. The molecule has 44 heavy (non-hydrogen) atoms. The lowest BCUT2D eigenvalue weighted by atomic mass is 9.98. The van der Waals surface area contributed by atoms with Crippen LogP contribution in [-0.4, -0.2) is 81.4 Å². The van der Waals surface area contributed by atoms with Crippen LogP contribution in [0.2, 0.25) is 0 Å². The Labute approximate surface area is 251 Å². The number of anilines is 2. The van der Waals surface area contributed by atoms with E-state index in [0.29, 0.717) is 0 Å². The van der Waals surface area contributed by atoms with Gasteiger partial charge in [0.25, 0.3) is 0 Å². The lowest BCUT2D eigenvalue weighted by molar-refractivity contribution is -0.160. The minimum Gasteiger partial charge on any atom is -0.462 e. The lowest BCUT2D eigenvalue weighted by Crippen LogP contribution is -2.44. The second kappa shape index (κ2) is 13.2. The van der Waals surface area contributed by atoms with Crippen LogP contribution in [0.3, 0.4) is 0 Å². The number of nitrogen functional groups attached to an aromatic ring is 1. The summed E-state index contributed by atoms with van der Waals surface area (Å²) in [6.07, 6.45) is -4.10. The summed E-state index contributed by atoms with van der Waals surface area (Å²) >= 11 is 0. The molecule has 1 fully saturated rings. The summed E-state index contributed by atoms with van der Waals surface area (Å²) < 4.78 is 59.3. The number of esters is 2. The van der Waals surface area contributed by atoms with Crippen LogP contribution in [0, 0.1) is 0 Å². The number of hydrogen-bond donors (Lipinski definition) is 3. The van der Waals surface area contributed by atoms with Crippen LogP contribution in [0.15, 0.2) is 36.7 Å². The van der Waals surface area contributed by atoms with Crippen molar-refractivity contribution >= 4 is 48.9 Å². The van der Waals surface area contributed by atoms with Crippen LogP contribution in [0.5, 0.6) is 5.75 Å². The standard InChI is InChI=1S/C26H33FN7O9P/c1-14(2)40-23(37)15(3)33-44(38,43-16-9-7-6-8-10-16)39-12-17-20(42-18(36)11-35)26(4,27)24(41-17)34-13-30-19-21(29-5)31-25(28)32-22(19)34/h6-11,13-15,17,20,24H,12H2,1-5H3,(H,33,38)(H3,28,29,31,32)/t15-,17+,20+,24+,26+,44-/m0/s1. The van der Waals surface area contributed by atoms with E-state index in [-0.39, 0.29) is 35.0 Å². The molecule has 238 valence electrons. The van der Waals surface area contributed by atoms with Crippen LogP contribution in [-0.2, 0) is 37.7 Å². The van der Waals surface area contributed by atoms with E-state index in [2.05, 4.69) is 25.4 Å². The highest BCUT2D eigenvalue weighted by Gasteiger charge is 2.59. The average molecular weight is 638 g/mol. The van der Waals surface area contributed by atoms with Crippen molar-refractivity contribution in [2.45, 2.75) is 63.9 Å². The highest BCUT2D eigenvalue weighted by molar-refractivity contribution is 7.52. The maximum absolute atomic E-state index is 16.6. The van der Waals surface area contributed by atoms with Gasteiger partial charge in [-0.1, -0.05) is 18.2 Å². The Kier molecular flexibility index (Phi) is 9.83. The summed E-state index contributed by atoms with van der Waals surface area (Å²) in [5.74, 6) is -1.86. The number of para-hydroxylation sites is 1. The minimum atomic E-state index is -4.42. The molecule has 2 aromatic heterocycles. The Balaban J connectivity index is 1.66. The fraction of sp³-hybridized carbons (Fsp3) is 0.462. The number of hydrogen-bond acceptors (Lipinski definition) is 14. The number of carbonyl (C=O) groups excluding carboxylic acids is 3. The van der Waals surface area contributed by atoms with Crippen molar-refractivity contribution in [3.63, 3.8) is 0 Å². The first-order chi connectivity index (χ1) is 20.8. The third kappa shape index (κ3) is 7.13. The molecule has 4 rings (SSSR count). The molecule has 0 bridgehead atoms. The zero-order valence-corrected chi connectivity index (χ0v) is 25.4. The molecule has 0 radical (unpaired) electrons. The molecule has 3 aromatic rings. The zero-order valence-electron chi connectivity index (χ0n) is 24.5. The van der Waals surface area contributed by atoms with Gasteiger partial charge in [-0.3, -0.25) is 18.7 Å². The number of alkyl halides is 1. The fourth-order valence-corrected chi connectivity index (χ4v) is 5.97. The van der Waals surface area contributed by atoms with Crippen molar-refractivity contribution < 1.29 is 46.6 Å². The van der Waals surface area contributed by atoms with Crippen molar-refractivity contribution in [3.05, 3.63) is 36.7 Å². The van der Waals surface area contributed by atoms with E-state index >= 15 is 4.39 Å². The molecule has 1 aromatic carbocycles. The van der Waals surface area contributed by atoms with Gasteiger partial charge in [0.15, 0.2) is 35.0 Å². The van der Waals surface area contributed by atoms with Gasteiger partial charge < -0.3 is 29.8 Å². The quantitative estimate of drug-likeness (QED) is 0.106. The predicted octanol–water partition coefficient (Wildman–Crippen LogP) is 2.32. The predicted molar refractivity (Wildman–Crippen MR) is 153 cm³/mol. The summed E-state index contributed by atoms with van der Waals surface area (Å²) in [6, 6.07) is 6.78. The normalized spacial score (nSPS) is 23.6. The van der Waals surface area contributed by atoms with Gasteiger partial charge in [-0.2, -0.15) is 15.1 Å². The molecule has 3 heterocycles. The van der Waals surface area contributed by atoms with Crippen LogP contribution in [0.1, 0.15) is 33.9 Å². The first kappa shape index (κ1) is 32.7. The smallest absolute Gasteiger partial charge is 0.459 e. The van der Waals surface area contributed by atoms with E-state index in [0.717, 1.165) is 6.92 Å². The second-order valence-corrected chi connectivity index (χ2v) is 11.9. The number of benzene rings is 1. The molecule has 4 N–H and O–H groups in total. The van der Waals surface area contributed by atoms with Gasteiger partial charge in [-0.15, -0.1) is 0 Å². The number of aldehydes is 1. The number of nitrogens with two attached hydrogens (primary N) is 1. The van der Waals surface area contributed by atoms with Crippen LogP contribution < -0.4 is 20.7 Å². The van der Waals surface area contributed by atoms with E-state index in [1.807, 2.05) is 0 Å². The monoisotopic (exact) mass is 637 g/mol. The van der Waals surface area contributed by atoms with Crippen LogP contribution in [0.4, 0.5) is 16.2 Å². The van der Waals surface area contributed by atoms with Crippen molar-refractivity contribution in [3.8, 4) is 5.75 Å². The largest absolute Gasteiger partial charge is 0.462 e. The number of imidazole rings is 1. The van der Waals surface area contributed by atoms with Crippen molar-refractivity contribution in [2.75, 3.05) is 24.7 Å². The third-order valence-corrected chi connectivity index (χ3v) is 8.03. The Hall–Kier alpha value is -4.18. The number of nitrogens with one attached hydrogen (secondary N) is 2. The van der Waals surface area contributed by atoms with Crippen molar-refractivity contribution in [1.82, 2.24) is 24.6 Å². The van der Waals surface area contributed by atoms with Gasteiger partial charge >= 0.3 is 19.7 Å². The maximum Gasteiger partial charge on any atom is 0.459 e. The zero-order chi connectivity index (χ0) is 32.2. The van der Waals surface area contributed by atoms with E-state index < -0.39 is 62.5 Å². The van der Waals surface area contributed by atoms with Crippen LogP contribution >= 0.6 is 7.75 Å². The lowest BCUT2D eigenvalue weighted by Gasteiger charge is -2.27. The molecule has 0 aliphatic carbocycles. The average Bonchev–Trinajstić information content (AvgIpc) is 3.48. The minimum absolute atomic E-state index is 0.0926. The molecule has 1 aliphatic rings. The molecular weight excluding hydrogens is 604 g/mol. The number of ether oxygens (including phenoxy) is 3. The third-order valence-electron chi connectivity index (χ3n) is 6.38. The first-order valence-electron chi connectivity index (χ1n) is 13.4. The van der Waals surface area contributed by atoms with Gasteiger partial charge in [0, 0.05) is 7.05 Å². The van der Waals surface area contributed by atoms with E-state index in [1.54, 1.807) is 39.1 Å². The molecule has 18 heteroatoms. The van der Waals surface area contributed by atoms with Gasteiger partial charge in [-0.25, -0.2) is 18.7 Å². The summed E-state index contributed by atoms with van der Waals surface area (Å²) in [7, 11) is -2.84. The van der Waals surface area contributed by atoms with E-state index in [9.17, 15) is 18.9 Å². The number of carbonyl (C=O) groups is 3. The Bertz CT molecular complexity index is 1560. The summed E-state index contributed by atoms with van der Waals surface area (Å²) in [5, 5.41) is 5.33. The summed E-state index contributed by atoms with van der Waals surface area (Å²) in [5.41, 5.74) is 3.64. The van der Waals surface area contributed by atoms with Gasteiger partial charge in [0.2, 0.25) is 12.2 Å². The molecule has 16 nitrogen and oxygen atoms in total. The van der Waals surface area contributed by atoms with Crippen LogP contribution in [0.25, 0.3) is 11.2 Å². The first-order valence-corrected chi connectivity index (χ1v) is 15.0. The Morgan fingerprint density at radius 1 is 1.25 bits per heavy atom. The molecule has 1 aliphatic heterocycles. The molecular formula is C26H33FN7O9P. The SMILES string of the molecule is CNc1nc(N)nc2c1ncn2[C@@H]1O[C@H](CO[P@@](=O)(N[C@@H](C)C(=O)OC(C)C)Oc2ccccc2)[C@@H](OC(=O)C=O)[C@@]1(C)F. The molecule has 0 unspecified atom stereocenters. The van der Waals surface area contributed by atoms with E-state index in [1.165, 1.54) is 30.0 Å². The molecule has 0 amide bonds. The van der Waals surface area contributed by atoms with Crippen molar-refractivity contribution in [2.24, 2.45) is 0 Å². The van der Waals surface area contributed by atoms with Crippen molar-refractivity contribution in [1.29, 1.82) is 0 Å². The topological polar surface area (TPSA) is 208 Å². The molecule has 6 atom stereocenters. The Morgan fingerprint density at radius 2 is 1.95 bits per heavy atom. The molecule has 0 spiro atoms. The van der Waals surface area contributed by atoms with Gasteiger partial charge in [0.1, 0.15) is 17.9 Å².